The molecule has 14 heavy (non-hydrogen) atoms. The molecule has 1 amide bonds. The molecule has 76 valence electrons. The first-order chi connectivity index (χ1) is 6.69. The topological polar surface area (TPSA) is 49.4 Å². The van der Waals surface area contributed by atoms with Gasteiger partial charge in [-0.15, -0.1) is 0 Å². The molecule has 0 unspecified atom stereocenters. The molecule has 1 rings (SSSR count). The summed E-state index contributed by atoms with van der Waals surface area (Å²) < 4.78 is 0. The summed E-state index contributed by atoms with van der Waals surface area (Å²) in [6, 6.07) is 0. The van der Waals surface area contributed by atoms with Gasteiger partial charge in [0.05, 0.1) is 6.54 Å². The van der Waals surface area contributed by atoms with Crippen LogP contribution in [0.25, 0.3) is 0 Å². The van der Waals surface area contributed by atoms with Crippen LogP contribution >= 0.6 is 0 Å². The largest absolute Gasteiger partial charge is 0.385 e. The minimum Gasteiger partial charge on any atom is -0.385 e. The molecule has 0 aromatic rings. The Bertz CT molecular complexity index is 294. The zero-order chi connectivity index (χ0) is 10.6. The van der Waals surface area contributed by atoms with Crippen LogP contribution in [0.1, 0.15) is 6.92 Å². The smallest absolute Gasteiger partial charge is 0.246 e. The fourth-order valence-corrected chi connectivity index (χ4v) is 1.32. The fraction of sp³-hybridized carbons (Fsp3) is 0.400. The number of amides is 1. The third-order valence-electron chi connectivity index (χ3n) is 2.21. The van der Waals surface area contributed by atoms with Crippen LogP contribution in [0.5, 0.6) is 0 Å². The van der Waals surface area contributed by atoms with Gasteiger partial charge in [0.25, 0.3) is 0 Å². The summed E-state index contributed by atoms with van der Waals surface area (Å²) in [6.45, 7) is 6.96. The maximum atomic E-state index is 11.3. The van der Waals surface area contributed by atoms with Gasteiger partial charge in [-0.3, -0.25) is 9.59 Å². The lowest BCUT2D eigenvalue weighted by Gasteiger charge is -2.29. The van der Waals surface area contributed by atoms with E-state index in [0.29, 0.717) is 25.2 Å². The van der Waals surface area contributed by atoms with Crippen molar-refractivity contribution in [3.63, 3.8) is 0 Å². The van der Waals surface area contributed by atoms with E-state index in [0.717, 1.165) is 12.0 Å². The Balaban J connectivity index is 2.74. The lowest BCUT2D eigenvalue weighted by atomic mass is 10.2. The van der Waals surface area contributed by atoms with Crippen LogP contribution in [0.4, 0.5) is 0 Å². The van der Waals surface area contributed by atoms with Crippen molar-refractivity contribution in [2.45, 2.75) is 6.92 Å². The molecule has 4 nitrogen and oxygen atoms in total. The van der Waals surface area contributed by atoms with Crippen molar-refractivity contribution < 1.29 is 9.59 Å². The number of hydrogen-bond acceptors (Lipinski definition) is 3. The Kier molecular flexibility index (Phi) is 3.45. The average molecular weight is 194 g/mol. The van der Waals surface area contributed by atoms with E-state index in [9.17, 15) is 9.59 Å². The van der Waals surface area contributed by atoms with Crippen LogP contribution in [0.3, 0.4) is 0 Å². The summed E-state index contributed by atoms with van der Waals surface area (Å²) in [4.78, 5) is 23.5. The lowest BCUT2D eigenvalue weighted by molar-refractivity contribution is -0.126. The van der Waals surface area contributed by atoms with Crippen LogP contribution in [0, 0.1) is 0 Å². The third kappa shape index (κ3) is 2.22. The summed E-state index contributed by atoms with van der Waals surface area (Å²) in [5.41, 5.74) is 1.47. The van der Waals surface area contributed by atoms with Gasteiger partial charge in [0.15, 0.2) is 0 Å². The van der Waals surface area contributed by atoms with Crippen molar-refractivity contribution >= 4 is 12.2 Å². The standard InChI is InChI=1S/C10H14N2O2/c1-3-10(14)12-5-4-11-9(6-12)8(2)7-13/h3,7,11H,1,4-6H2,2H3/b9-8+. The molecule has 1 N–H and O–H groups in total. The number of carbonyl (C=O) groups excluding carboxylic acids is 2. The summed E-state index contributed by atoms with van der Waals surface area (Å²) in [6.07, 6.45) is 2.09. The molecule has 1 aliphatic heterocycles. The SMILES string of the molecule is C=CC(=O)N1CCN/C(=C(\C)C=O)C1. The Hall–Kier alpha value is -1.58. The molecule has 1 saturated heterocycles. The molecule has 4 heteroatoms. The highest BCUT2D eigenvalue weighted by molar-refractivity contribution is 5.87. The van der Waals surface area contributed by atoms with Crippen molar-refractivity contribution in [2.24, 2.45) is 0 Å². The van der Waals surface area contributed by atoms with Crippen LogP contribution < -0.4 is 5.32 Å². The van der Waals surface area contributed by atoms with Crippen LogP contribution in [-0.4, -0.2) is 36.7 Å². The van der Waals surface area contributed by atoms with Gasteiger partial charge >= 0.3 is 0 Å². The van der Waals surface area contributed by atoms with Crippen molar-refractivity contribution in [3.05, 3.63) is 23.9 Å². The Morgan fingerprint density at radius 3 is 2.93 bits per heavy atom. The van der Waals surface area contributed by atoms with Crippen LogP contribution in [0.15, 0.2) is 23.9 Å². The van der Waals surface area contributed by atoms with Gasteiger partial charge in [0.1, 0.15) is 6.29 Å². The molecule has 0 aliphatic carbocycles. The van der Waals surface area contributed by atoms with Gasteiger partial charge in [-0.1, -0.05) is 6.58 Å². The minimum atomic E-state index is -0.0947. The molecule has 0 bridgehead atoms. The molecule has 0 spiro atoms. The lowest BCUT2D eigenvalue weighted by Crippen LogP contribution is -2.45. The minimum absolute atomic E-state index is 0.0947. The first-order valence-electron chi connectivity index (χ1n) is 4.49. The first kappa shape index (κ1) is 10.5. The summed E-state index contributed by atoms with van der Waals surface area (Å²) in [5, 5.41) is 3.10. The Morgan fingerprint density at radius 2 is 2.36 bits per heavy atom. The van der Waals surface area contributed by atoms with Crippen molar-refractivity contribution in [3.8, 4) is 0 Å². The molecular formula is C10H14N2O2. The summed E-state index contributed by atoms with van der Waals surface area (Å²) in [7, 11) is 0. The third-order valence-corrected chi connectivity index (χ3v) is 2.21. The van der Waals surface area contributed by atoms with Gasteiger partial charge in [0.2, 0.25) is 5.91 Å². The number of hydrogen-bond donors (Lipinski definition) is 1. The second kappa shape index (κ2) is 4.60. The molecule has 1 aliphatic rings. The van der Waals surface area contributed by atoms with Crippen molar-refractivity contribution in [2.75, 3.05) is 19.6 Å². The summed E-state index contributed by atoms with van der Waals surface area (Å²) in [5.74, 6) is -0.0947. The van der Waals surface area contributed by atoms with Crippen LogP contribution in [-0.2, 0) is 9.59 Å². The normalized spacial score (nSPS) is 19.6. The molecule has 0 atom stereocenters. The van der Waals surface area contributed by atoms with E-state index in [-0.39, 0.29) is 5.91 Å². The van der Waals surface area contributed by atoms with E-state index < -0.39 is 0 Å². The number of allylic oxidation sites excluding steroid dienone is 1. The monoisotopic (exact) mass is 194 g/mol. The number of nitrogens with one attached hydrogen (secondary N) is 1. The second-order valence-corrected chi connectivity index (χ2v) is 3.17. The van der Waals surface area contributed by atoms with E-state index in [1.165, 1.54) is 6.08 Å². The average Bonchev–Trinajstić information content (AvgIpc) is 2.27. The van der Waals surface area contributed by atoms with Crippen LogP contribution in [0.2, 0.25) is 0 Å². The molecule has 0 radical (unpaired) electrons. The number of carbonyl (C=O) groups is 2. The molecule has 1 fully saturated rings. The van der Waals surface area contributed by atoms with Crippen molar-refractivity contribution in [1.82, 2.24) is 10.2 Å². The fourth-order valence-electron chi connectivity index (χ4n) is 1.32. The highest BCUT2D eigenvalue weighted by atomic mass is 16.2. The van der Waals surface area contributed by atoms with Gasteiger partial charge < -0.3 is 10.2 Å². The first-order valence-corrected chi connectivity index (χ1v) is 4.49. The maximum Gasteiger partial charge on any atom is 0.246 e. The zero-order valence-electron chi connectivity index (χ0n) is 8.25. The zero-order valence-corrected chi connectivity index (χ0v) is 8.25. The molecule has 0 saturated carbocycles. The van der Waals surface area contributed by atoms with Gasteiger partial charge in [-0.05, 0) is 13.0 Å². The molecule has 0 aromatic carbocycles. The predicted octanol–water partition coefficient (Wildman–Crippen LogP) is 0.0771. The number of nitrogens with zero attached hydrogens (tertiary/aromatic N) is 1. The number of rotatable bonds is 2. The predicted molar refractivity (Wildman–Crippen MR) is 53.5 cm³/mol. The van der Waals surface area contributed by atoms with E-state index in [1.807, 2.05) is 0 Å². The number of aldehydes is 1. The van der Waals surface area contributed by atoms with Gasteiger partial charge in [-0.2, -0.15) is 0 Å². The highest BCUT2D eigenvalue weighted by Crippen LogP contribution is 2.06. The van der Waals surface area contributed by atoms with E-state index >= 15 is 0 Å². The van der Waals surface area contributed by atoms with Crippen molar-refractivity contribution in [1.29, 1.82) is 0 Å². The Labute approximate surface area is 83.3 Å². The van der Waals surface area contributed by atoms with E-state index in [1.54, 1.807) is 11.8 Å². The molecular weight excluding hydrogens is 180 g/mol. The number of piperazine rings is 1. The van der Waals surface area contributed by atoms with Gasteiger partial charge in [0, 0.05) is 24.4 Å². The highest BCUT2D eigenvalue weighted by Gasteiger charge is 2.17. The second-order valence-electron chi connectivity index (χ2n) is 3.17. The van der Waals surface area contributed by atoms with E-state index in [4.69, 9.17) is 0 Å². The quantitative estimate of drug-likeness (QED) is 0.500. The molecule has 0 aromatic heterocycles. The molecule has 1 heterocycles. The van der Waals surface area contributed by atoms with E-state index in [2.05, 4.69) is 11.9 Å². The van der Waals surface area contributed by atoms with Gasteiger partial charge in [-0.25, -0.2) is 0 Å². The summed E-state index contributed by atoms with van der Waals surface area (Å²) >= 11 is 0. The maximum absolute atomic E-state index is 11.3. The Morgan fingerprint density at radius 1 is 1.64 bits per heavy atom.